The van der Waals surface area contributed by atoms with Gasteiger partial charge >= 0.3 is 0 Å². The number of ether oxygens (including phenoxy) is 1. The minimum atomic E-state index is 0.243. The van der Waals surface area contributed by atoms with E-state index in [9.17, 15) is 0 Å². The maximum Gasteiger partial charge on any atom is 0.151 e. The summed E-state index contributed by atoms with van der Waals surface area (Å²) >= 11 is 4.09. The molecule has 0 fully saturated rings. The lowest BCUT2D eigenvalue weighted by molar-refractivity contribution is 0.357. The van der Waals surface area contributed by atoms with Gasteiger partial charge in [-0.25, -0.2) is 4.99 Å². The summed E-state index contributed by atoms with van der Waals surface area (Å²) in [7, 11) is 2.15. The molecule has 2 aromatic carbocycles. The van der Waals surface area contributed by atoms with Crippen LogP contribution in [0.4, 0.5) is 0 Å². The molecule has 0 radical (unpaired) electrons. The number of benzene rings is 2. The summed E-state index contributed by atoms with van der Waals surface area (Å²) in [4.78, 5) is 5.91. The number of hydrogen-bond acceptors (Lipinski definition) is 4. The third kappa shape index (κ3) is 9.70. The summed E-state index contributed by atoms with van der Waals surface area (Å²) < 4.78 is 5.47. The van der Waals surface area contributed by atoms with Crippen LogP contribution in [0.1, 0.15) is 54.5 Å². The Morgan fingerprint density at radius 2 is 1.77 bits per heavy atom. The molecule has 0 bridgehead atoms. The van der Waals surface area contributed by atoms with Crippen LogP contribution in [-0.4, -0.2) is 43.5 Å². The Morgan fingerprint density at radius 3 is 2.32 bits per heavy atom. The number of nitrogens with one attached hydrogen (secondary N) is 1. The molecule has 1 N–H and O–H groups in total. The van der Waals surface area contributed by atoms with Gasteiger partial charge in [-0.2, -0.15) is 0 Å². The molecule has 2 aromatic rings. The zero-order valence-electron chi connectivity index (χ0n) is 19.9. The topological polar surface area (TPSA) is 48.7 Å². The van der Waals surface area contributed by atoms with Gasteiger partial charge in [-0.15, -0.1) is 12.6 Å². The molecule has 4 nitrogen and oxygen atoms in total. The summed E-state index contributed by atoms with van der Waals surface area (Å²) in [6, 6.07) is 12.3. The Hall–Kier alpha value is -2.11. The highest BCUT2D eigenvalue weighted by Crippen LogP contribution is 2.23. The van der Waals surface area contributed by atoms with Crippen molar-refractivity contribution in [2.75, 3.05) is 26.1 Å². The van der Waals surface area contributed by atoms with Gasteiger partial charge in [-0.05, 0) is 81.7 Å². The van der Waals surface area contributed by atoms with E-state index >= 15 is 0 Å². The van der Waals surface area contributed by atoms with Gasteiger partial charge in [0.25, 0.3) is 0 Å². The first-order valence-electron chi connectivity index (χ1n) is 11.0. The van der Waals surface area contributed by atoms with E-state index in [0.29, 0.717) is 5.94 Å². The monoisotopic (exact) mass is 441 g/mol. The highest BCUT2D eigenvalue weighted by molar-refractivity contribution is 7.80. The Labute approximate surface area is 194 Å². The van der Waals surface area contributed by atoms with Crippen LogP contribution in [0.2, 0.25) is 0 Å². The van der Waals surface area contributed by atoms with E-state index in [2.05, 4.69) is 88.2 Å². The van der Waals surface area contributed by atoms with E-state index < -0.39 is 0 Å². The number of hydrogen-bond donors (Lipinski definition) is 2. The van der Waals surface area contributed by atoms with Crippen molar-refractivity contribution in [3.8, 4) is 5.75 Å². The third-order valence-corrected chi connectivity index (χ3v) is 5.49. The quantitative estimate of drug-likeness (QED) is 0.202. The molecule has 0 aromatic heterocycles. The van der Waals surface area contributed by atoms with E-state index in [-0.39, 0.29) is 5.84 Å². The molecule has 0 heterocycles. The van der Waals surface area contributed by atoms with Gasteiger partial charge in [-0.1, -0.05) is 50.6 Å². The second-order valence-corrected chi connectivity index (χ2v) is 8.03. The average Bonchev–Trinajstić information content (AvgIpc) is 2.79. The molecule has 0 saturated carbocycles. The van der Waals surface area contributed by atoms with Crippen LogP contribution in [0.25, 0.3) is 0 Å². The van der Waals surface area contributed by atoms with Crippen LogP contribution in [0.5, 0.6) is 5.75 Å². The fourth-order valence-corrected chi connectivity index (χ4v) is 3.25. The minimum Gasteiger partial charge on any atom is -0.483 e. The Kier molecular flexibility index (Phi) is 12.9. The van der Waals surface area contributed by atoms with Gasteiger partial charge in [0.1, 0.15) is 11.7 Å². The number of likely N-dealkylation sites (N-methyl/N-ethyl adjacent to an activating group) is 1. The van der Waals surface area contributed by atoms with E-state index in [1.54, 1.807) is 0 Å². The molecule has 31 heavy (non-hydrogen) atoms. The molecule has 0 aliphatic heterocycles. The van der Waals surface area contributed by atoms with Crippen molar-refractivity contribution in [3.63, 3.8) is 0 Å². The number of amidine groups is 1. The summed E-state index contributed by atoms with van der Waals surface area (Å²) in [6.07, 6.45) is 4.64. The van der Waals surface area contributed by atoms with Gasteiger partial charge < -0.3 is 9.64 Å². The maximum absolute atomic E-state index is 7.46. The zero-order valence-corrected chi connectivity index (χ0v) is 20.8. The maximum atomic E-state index is 7.46. The first-order chi connectivity index (χ1) is 14.9. The molecule has 2 rings (SSSR count). The highest BCUT2D eigenvalue weighted by atomic mass is 32.1. The summed E-state index contributed by atoms with van der Waals surface area (Å²) in [5.74, 6) is 1.62. The van der Waals surface area contributed by atoms with Crippen molar-refractivity contribution < 1.29 is 4.74 Å². The van der Waals surface area contributed by atoms with E-state index in [0.717, 1.165) is 37.2 Å². The first-order valence-corrected chi connectivity index (χ1v) is 11.7. The number of thiol groups is 1. The van der Waals surface area contributed by atoms with Gasteiger partial charge in [0.2, 0.25) is 0 Å². The molecule has 170 valence electrons. The van der Waals surface area contributed by atoms with Gasteiger partial charge in [0.15, 0.2) is 5.84 Å². The van der Waals surface area contributed by atoms with Crippen molar-refractivity contribution in [3.05, 3.63) is 64.2 Å². The zero-order chi connectivity index (χ0) is 23.2. The fourth-order valence-electron chi connectivity index (χ4n) is 3.11. The predicted octanol–water partition coefficient (Wildman–Crippen LogP) is 6.12. The molecule has 5 heteroatoms. The molecule has 0 amide bonds. The van der Waals surface area contributed by atoms with E-state index in [1.165, 1.54) is 35.1 Å². The van der Waals surface area contributed by atoms with E-state index in [4.69, 9.17) is 10.1 Å². The Balaban J connectivity index is 0.000000316. The number of rotatable bonds is 10. The summed E-state index contributed by atoms with van der Waals surface area (Å²) in [5, 5.41) is 7.46. The molecular formula is C26H39N3OS. The lowest BCUT2D eigenvalue weighted by atomic mass is 10.0. The smallest absolute Gasteiger partial charge is 0.151 e. The van der Waals surface area contributed by atoms with E-state index in [1.807, 2.05) is 12.1 Å². The molecule has 0 atom stereocenters. The van der Waals surface area contributed by atoms with Gasteiger partial charge in [0.05, 0.1) is 0 Å². The normalized spacial score (nSPS) is 10.4. The van der Waals surface area contributed by atoms with Crippen molar-refractivity contribution in [2.45, 2.75) is 53.4 Å². The number of nitrogens with zero attached hydrogens (tertiary/aromatic N) is 2. The second kappa shape index (κ2) is 14.8. The third-order valence-electron chi connectivity index (χ3n) is 5.36. The molecule has 0 saturated heterocycles. The van der Waals surface area contributed by atoms with Crippen LogP contribution in [0.15, 0.2) is 41.4 Å². The Bertz CT molecular complexity index is 818. The number of unbranched alkanes of at least 4 members (excludes halogenated alkanes) is 1. The second-order valence-electron chi connectivity index (χ2n) is 7.77. The van der Waals surface area contributed by atoms with Crippen LogP contribution in [0, 0.1) is 19.3 Å². The lowest BCUT2D eigenvalue weighted by Crippen LogP contribution is -2.20. The van der Waals surface area contributed by atoms with Crippen molar-refractivity contribution in [1.82, 2.24) is 4.90 Å². The SMILES string of the molecule is C=NC(=N)c1ccc(CCCC)cc1.CCN(C)CCc1cc(C)c(OCS)cc1C. The lowest BCUT2D eigenvalue weighted by Gasteiger charge is -2.16. The molecule has 0 aliphatic carbocycles. The van der Waals surface area contributed by atoms with Crippen molar-refractivity contribution in [2.24, 2.45) is 4.99 Å². The molecule has 0 unspecified atom stereocenters. The largest absolute Gasteiger partial charge is 0.483 e. The van der Waals surface area contributed by atoms with Crippen LogP contribution >= 0.6 is 12.6 Å². The number of aliphatic imine (C=N–C) groups is 1. The van der Waals surface area contributed by atoms with Gasteiger partial charge in [0, 0.05) is 12.1 Å². The summed E-state index contributed by atoms with van der Waals surface area (Å²) in [6.45, 7) is 14.1. The standard InChI is InChI=1S/C14H23NOS.C12H16N2/c1-5-15(4)7-6-13-8-12(3)14(16-10-17)9-11(13)2;1-3-4-5-10-6-8-11(9-7-10)12(13)14-2/h8-9,17H,5-7,10H2,1-4H3;6-9,13H,2-5H2,1H3. The molecule has 0 spiro atoms. The summed E-state index contributed by atoms with van der Waals surface area (Å²) in [5.41, 5.74) is 6.07. The molecule has 0 aliphatic rings. The van der Waals surface area contributed by atoms with Crippen LogP contribution in [-0.2, 0) is 12.8 Å². The van der Waals surface area contributed by atoms with Crippen molar-refractivity contribution in [1.29, 1.82) is 5.41 Å². The Morgan fingerprint density at radius 1 is 1.10 bits per heavy atom. The highest BCUT2D eigenvalue weighted by Gasteiger charge is 2.06. The van der Waals surface area contributed by atoms with Crippen molar-refractivity contribution >= 4 is 25.2 Å². The minimum absolute atomic E-state index is 0.243. The van der Waals surface area contributed by atoms with Crippen LogP contribution in [0.3, 0.4) is 0 Å². The first kappa shape index (κ1) is 26.9. The average molecular weight is 442 g/mol. The number of aryl methyl sites for hydroxylation is 3. The molecular weight excluding hydrogens is 402 g/mol. The fraction of sp³-hybridized carbons (Fsp3) is 0.462. The van der Waals surface area contributed by atoms with Gasteiger partial charge in [-0.3, -0.25) is 5.41 Å². The van der Waals surface area contributed by atoms with Crippen LogP contribution < -0.4 is 4.74 Å². The predicted molar refractivity (Wildman–Crippen MR) is 139 cm³/mol.